The average molecular weight is 396 g/mol. The van der Waals surface area contributed by atoms with E-state index >= 15 is 0 Å². The van der Waals surface area contributed by atoms with E-state index in [1.807, 2.05) is 54.6 Å². The fourth-order valence-corrected chi connectivity index (χ4v) is 3.52. The lowest BCUT2D eigenvalue weighted by molar-refractivity contribution is 0.102. The molecular weight excluding hydrogens is 370 g/mol. The fraction of sp³-hybridized carbons (Fsp3) is 0.273. The quantitative estimate of drug-likeness (QED) is 0.524. The Morgan fingerprint density at radius 3 is 2.64 bits per heavy atom. The second kappa shape index (κ2) is 10.0. The predicted octanol–water partition coefficient (Wildman–Crippen LogP) is 5.16. The van der Waals surface area contributed by atoms with Crippen molar-refractivity contribution in [2.45, 2.75) is 38.8 Å². The zero-order valence-electron chi connectivity index (χ0n) is 15.9. The lowest BCUT2D eigenvalue weighted by atomic mass is 10.1. The zero-order chi connectivity index (χ0) is 19.8. The molecule has 0 spiro atoms. The summed E-state index contributed by atoms with van der Waals surface area (Å²) in [6, 6.07) is 17.2. The predicted molar refractivity (Wildman–Crippen MR) is 114 cm³/mol. The highest BCUT2D eigenvalue weighted by atomic mass is 32.1. The summed E-state index contributed by atoms with van der Waals surface area (Å²) in [5.41, 5.74) is 8.34. The summed E-state index contributed by atoms with van der Waals surface area (Å²) in [4.78, 5) is 16.8. The van der Waals surface area contributed by atoms with E-state index in [0.717, 1.165) is 35.6 Å². The van der Waals surface area contributed by atoms with E-state index in [1.54, 1.807) is 5.38 Å². The molecule has 1 aromatic heterocycles. The van der Waals surface area contributed by atoms with Gasteiger partial charge in [0, 0.05) is 11.1 Å². The van der Waals surface area contributed by atoms with Crippen LogP contribution in [-0.2, 0) is 6.61 Å². The molecule has 0 saturated carbocycles. The van der Waals surface area contributed by atoms with Gasteiger partial charge in [-0.1, -0.05) is 50.1 Å². The highest BCUT2D eigenvalue weighted by Crippen LogP contribution is 2.22. The second-order valence-corrected chi connectivity index (χ2v) is 7.46. The Morgan fingerprint density at radius 1 is 1.18 bits per heavy atom. The van der Waals surface area contributed by atoms with Gasteiger partial charge in [-0.15, -0.1) is 11.3 Å². The van der Waals surface area contributed by atoms with Crippen molar-refractivity contribution in [3.05, 3.63) is 76.2 Å². The SMILES string of the molecule is CCCCC(N)c1nc(C(=O)Nc2ccc(OCc3ccccc3)cc2)cs1. The van der Waals surface area contributed by atoms with Crippen LogP contribution in [0.2, 0.25) is 0 Å². The molecule has 0 aliphatic rings. The van der Waals surface area contributed by atoms with E-state index in [0.29, 0.717) is 18.0 Å². The standard InChI is InChI=1S/C22H25N3O2S/c1-2-3-9-19(23)22-25-20(15-28-22)21(26)24-17-10-12-18(13-11-17)27-14-16-7-5-4-6-8-16/h4-8,10-13,15,19H,2-3,9,14,23H2,1H3,(H,24,26). The van der Waals surface area contributed by atoms with Crippen molar-refractivity contribution >= 4 is 22.9 Å². The number of ether oxygens (including phenoxy) is 1. The first-order chi connectivity index (χ1) is 13.7. The summed E-state index contributed by atoms with van der Waals surface area (Å²) < 4.78 is 5.76. The second-order valence-electron chi connectivity index (χ2n) is 6.57. The number of nitrogens with two attached hydrogens (primary N) is 1. The lowest BCUT2D eigenvalue weighted by Crippen LogP contribution is -2.14. The summed E-state index contributed by atoms with van der Waals surface area (Å²) in [7, 11) is 0. The van der Waals surface area contributed by atoms with Gasteiger partial charge in [-0.2, -0.15) is 0 Å². The number of amides is 1. The van der Waals surface area contributed by atoms with E-state index < -0.39 is 0 Å². The Balaban J connectivity index is 1.53. The number of benzene rings is 2. The Labute approximate surface area is 169 Å². The van der Waals surface area contributed by atoms with Gasteiger partial charge in [0.05, 0.1) is 6.04 Å². The molecule has 0 bridgehead atoms. The Hall–Kier alpha value is -2.70. The molecule has 2 aromatic carbocycles. The molecule has 6 heteroatoms. The maximum atomic E-state index is 12.4. The van der Waals surface area contributed by atoms with E-state index in [9.17, 15) is 4.79 Å². The molecule has 0 radical (unpaired) electrons. The van der Waals surface area contributed by atoms with Crippen LogP contribution in [0.15, 0.2) is 60.0 Å². The van der Waals surface area contributed by atoms with Gasteiger partial charge in [-0.3, -0.25) is 4.79 Å². The summed E-state index contributed by atoms with van der Waals surface area (Å²) >= 11 is 1.44. The number of aromatic nitrogens is 1. The molecule has 28 heavy (non-hydrogen) atoms. The van der Waals surface area contributed by atoms with Crippen LogP contribution in [-0.4, -0.2) is 10.9 Å². The number of thiazole rings is 1. The summed E-state index contributed by atoms with van der Waals surface area (Å²) in [6.45, 7) is 2.64. The summed E-state index contributed by atoms with van der Waals surface area (Å²) in [6.07, 6.45) is 3.04. The normalized spacial score (nSPS) is 11.8. The van der Waals surface area contributed by atoms with Crippen LogP contribution in [0, 0.1) is 0 Å². The number of carbonyl (C=O) groups excluding carboxylic acids is 1. The number of unbranched alkanes of at least 4 members (excludes halogenated alkanes) is 1. The molecule has 3 aromatic rings. The highest BCUT2D eigenvalue weighted by Gasteiger charge is 2.15. The molecule has 1 atom stereocenters. The third-order valence-electron chi connectivity index (χ3n) is 4.30. The van der Waals surface area contributed by atoms with Crippen LogP contribution in [0.3, 0.4) is 0 Å². The van der Waals surface area contributed by atoms with Gasteiger partial charge in [0.15, 0.2) is 0 Å². The van der Waals surface area contributed by atoms with E-state index in [-0.39, 0.29) is 11.9 Å². The van der Waals surface area contributed by atoms with E-state index in [1.165, 1.54) is 11.3 Å². The molecule has 3 N–H and O–H groups in total. The maximum Gasteiger partial charge on any atom is 0.275 e. The third kappa shape index (κ3) is 5.65. The fourth-order valence-electron chi connectivity index (χ4n) is 2.68. The number of hydrogen-bond donors (Lipinski definition) is 2. The molecule has 5 nitrogen and oxygen atoms in total. The zero-order valence-corrected chi connectivity index (χ0v) is 16.7. The molecule has 0 aliphatic heterocycles. The van der Waals surface area contributed by atoms with Gasteiger partial charge in [0.2, 0.25) is 0 Å². The molecule has 146 valence electrons. The van der Waals surface area contributed by atoms with Crippen LogP contribution in [0.5, 0.6) is 5.75 Å². The molecule has 0 saturated heterocycles. The monoisotopic (exact) mass is 395 g/mol. The van der Waals surface area contributed by atoms with Crippen molar-refractivity contribution in [3.63, 3.8) is 0 Å². The molecule has 1 unspecified atom stereocenters. The Bertz CT molecular complexity index is 878. The first-order valence-corrected chi connectivity index (χ1v) is 10.3. The van der Waals surface area contributed by atoms with Crippen LogP contribution < -0.4 is 15.8 Å². The smallest absolute Gasteiger partial charge is 0.275 e. The third-order valence-corrected chi connectivity index (χ3v) is 5.28. The van der Waals surface area contributed by atoms with Gasteiger partial charge in [0.1, 0.15) is 23.1 Å². The average Bonchev–Trinajstić information content (AvgIpc) is 3.23. The van der Waals surface area contributed by atoms with Crippen LogP contribution in [0.1, 0.15) is 53.3 Å². The minimum absolute atomic E-state index is 0.104. The molecule has 1 amide bonds. The number of rotatable bonds is 9. The van der Waals surface area contributed by atoms with Gasteiger partial charge in [-0.25, -0.2) is 4.98 Å². The van der Waals surface area contributed by atoms with Crippen molar-refractivity contribution in [2.75, 3.05) is 5.32 Å². The van der Waals surface area contributed by atoms with E-state index in [2.05, 4.69) is 17.2 Å². The van der Waals surface area contributed by atoms with Crippen molar-refractivity contribution in [2.24, 2.45) is 5.73 Å². The van der Waals surface area contributed by atoms with Crippen molar-refractivity contribution in [1.82, 2.24) is 4.98 Å². The topological polar surface area (TPSA) is 77.2 Å². The molecule has 3 rings (SSSR count). The minimum Gasteiger partial charge on any atom is -0.489 e. The first kappa shape index (κ1) is 20.0. The highest BCUT2D eigenvalue weighted by molar-refractivity contribution is 7.09. The van der Waals surface area contributed by atoms with Crippen molar-refractivity contribution in [3.8, 4) is 5.75 Å². The first-order valence-electron chi connectivity index (χ1n) is 9.45. The summed E-state index contributed by atoms with van der Waals surface area (Å²) in [5.74, 6) is 0.517. The molecular formula is C22H25N3O2S. The van der Waals surface area contributed by atoms with Crippen LogP contribution >= 0.6 is 11.3 Å². The van der Waals surface area contributed by atoms with Gasteiger partial charge < -0.3 is 15.8 Å². The van der Waals surface area contributed by atoms with Crippen molar-refractivity contribution < 1.29 is 9.53 Å². The van der Waals surface area contributed by atoms with Crippen molar-refractivity contribution in [1.29, 1.82) is 0 Å². The van der Waals surface area contributed by atoms with Gasteiger partial charge in [-0.05, 0) is 36.2 Å². The van der Waals surface area contributed by atoms with Crippen LogP contribution in [0.25, 0.3) is 0 Å². The molecule has 0 fully saturated rings. The summed E-state index contributed by atoms with van der Waals surface area (Å²) in [5, 5.41) is 5.43. The minimum atomic E-state index is -0.233. The van der Waals surface area contributed by atoms with Crippen LogP contribution in [0.4, 0.5) is 5.69 Å². The Kier molecular flexibility index (Phi) is 7.17. The van der Waals surface area contributed by atoms with Gasteiger partial charge in [0.25, 0.3) is 5.91 Å². The number of carbonyl (C=O) groups is 1. The largest absolute Gasteiger partial charge is 0.489 e. The number of anilines is 1. The van der Waals surface area contributed by atoms with Gasteiger partial charge >= 0.3 is 0 Å². The van der Waals surface area contributed by atoms with E-state index in [4.69, 9.17) is 10.5 Å². The number of nitrogens with one attached hydrogen (secondary N) is 1. The number of nitrogens with zero attached hydrogens (tertiary/aromatic N) is 1. The maximum absolute atomic E-state index is 12.4. The molecule has 1 heterocycles. The Morgan fingerprint density at radius 2 is 1.93 bits per heavy atom. The lowest BCUT2D eigenvalue weighted by Gasteiger charge is -2.08. The number of hydrogen-bond acceptors (Lipinski definition) is 5. The molecule has 0 aliphatic carbocycles.